The smallest absolute Gasteiger partial charge is 0.320 e. The Labute approximate surface area is 118 Å². The summed E-state index contributed by atoms with van der Waals surface area (Å²) >= 11 is 0. The van der Waals surface area contributed by atoms with Crippen LogP contribution in [-0.2, 0) is 9.59 Å². The predicted octanol–water partition coefficient (Wildman–Crippen LogP) is 0.0671. The molecule has 3 amide bonds. The van der Waals surface area contributed by atoms with E-state index >= 15 is 0 Å². The number of carboxylic acids is 1. The minimum absolute atomic E-state index is 0.0405. The van der Waals surface area contributed by atoms with E-state index in [0.717, 1.165) is 0 Å². The Bertz CT molecular complexity index is 439. The normalized spacial score (nSPS) is 27.1. The lowest BCUT2D eigenvalue weighted by Gasteiger charge is -2.38. The van der Waals surface area contributed by atoms with Gasteiger partial charge in [0.05, 0.1) is 5.41 Å². The molecule has 0 unspecified atom stereocenters. The summed E-state index contributed by atoms with van der Waals surface area (Å²) in [5, 5.41) is 9.25. The van der Waals surface area contributed by atoms with Crippen molar-refractivity contribution in [1.29, 1.82) is 0 Å². The van der Waals surface area contributed by atoms with Gasteiger partial charge in [0.15, 0.2) is 0 Å². The van der Waals surface area contributed by atoms with Crippen LogP contribution < -0.4 is 0 Å². The molecule has 0 aliphatic carbocycles. The molecule has 7 heteroatoms. The van der Waals surface area contributed by atoms with Crippen molar-refractivity contribution in [2.24, 2.45) is 5.41 Å². The molecule has 0 spiro atoms. The zero-order valence-corrected chi connectivity index (χ0v) is 12.0. The monoisotopic (exact) mass is 283 g/mol. The highest BCUT2D eigenvalue weighted by atomic mass is 16.4. The second-order valence-corrected chi connectivity index (χ2v) is 5.91. The van der Waals surface area contributed by atoms with E-state index in [0.29, 0.717) is 32.5 Å². The van der Waals surface area contributed by atoms with E-state index in [1.54, 1.807) is 23.8 Å². The van der Waals surface area contributed by atoms with Gasteiger partial charge in [-0.2, -0.15) is 0 Å². The Hall–Kier alpha value is -1.79. The summed E-state index contributed by atoms with van der Waals surface area (Å²) in [6.45, 7) is 3.67. The number of carboxylic acid groups (broad SMARTS) is 1. The highest BCUT2D eigenvalue weighted by molar-refractivity contribution is 5.85. The Morgan fingerprint density at radius 3 is 2.55 bits per heavy atom. The number of likely N-dealkylation sites (tertiary alicyclic amines) is 1. The summed E-state index contributed by atoms with van der Waals surface area (Å²) in [4.78, 5) is 39.9. The van der Waals surface area contributed by atoms with Crippen molar-refractivity contribution in [3.8, 4) is 0 Å². The van der Waals surface area contributed by atoms with Gasteiger partial charge in [-0.15, -0.1) is 0 Å². The van der Waals surface area contributed by atoms with Crippen LogP contribution in [0.3, 0.4) is 0 Å². The highest BCUT2D eigenvalue weighted by Gasteiger charge is 2.40. The Balaban J connectivity index is 1.96. The lowest BCUT2D eigenvalue weighted by Crippen LogP contribution is -2.51. The van der Waals surface area contributed by atoms with Crippen LogP contribution in [-0.4, -0.2) is 77.5 Å². The lowest BCUT2D eigenvalue weighted by molar-refractivity contribution is -0.153. The number of urea groups is 1. The first kappa shape index (κ1) is 14.6. The molecule has 112 valence electrons. The average Bonchev–Trinajstić information content (AvgIpc) is 2.70. The van der Waals surface area contributed by atoms with Crippen LogP contribution in [0.2, 0.25) is 0 Å². The van der Waals surface area contributed by atoms with E-state index in [2.05, 4.69) is 0 Å². The fraction of sp³-hybridized carbons (Fsp3) is 0.769. The lowest BCUT2D eigenvalue weighted by atomic mass is 9.82. The minimum Gasteiger partial charge on any atom is -0.481 e. The molecule has 20 heavy (non-hydrogen) atoms. The number of aliphatic carboxylic acids is 1. The van der Waals surface area contributed by atoms with E-state index in [4.69, 9.17) is 0 Å². The molecule has 2 aliphatic rings. The molecule has 2 heterocycles. The summed E-state index contributed by atoms with van der Waals surface area (Å²) in [6.07, 6.45) is 1.26. The summed E-state index contributed by atoms with van der Waals surface area (Å²) in [5.41, 5.74) is -0.875. The van der Waals surface area contributed by atoms with Gasteiger partial charge >= 0.3 is 12.0 Å². The van der Waals surface area contributed by atoms with Crippen LogP contribution in [0.4, 0.5) is 4.79 Å². The molecule has 0 aromatic heterocycles. The van der Waals surface area contributed by atoms with Crippen LogP contribution in [0, 0.1) is 5.41 Å². The number of amides is 3. The van der Waals surface area contributed by atoms with Crippen LogP contribution in [0.25, 0.3) is 0 Å². The van der Waals surface area contributed by atoms with Crippen LogP contribution in [0.15, 0.2) is 0 Å². The van der Waals surface area contributed by atoms with Crippen molar-refractivity contribution in [1.82, 2.24) is 14.7 Å². The van der Waals surface area contributed by atoms with Crippen molar-refractivity contribution < 1.29 is 19.5 Å². The number of carbonyl (C=O) groups excluding carboxylic acids is 2. The molecule has 2 rings (SSSR count). The Kier molecular flexibility index (Phi) is 3.87. The Morgan fingerprint density at radius 2 is 2.00 bits per heavy atom. The van der Waals surface area contributed by atoms with Gasteiger partial charge in [-0.1, -0.05) is 0 Å². The molecule has 0 bridgehead atoms. The number of carbonyl (C=O) groups is 3. The van der Waals surface area contributed by atoms with Gasteiger partial charge in [0.25, 0.3) is 0 Å². The van der Waals surface area contributed by atoms with Crippen LogP contribution in [0.5, 0.6) is 0 Å². The second-order valence-electron chi connectivity index (χ2n) is 5.91. The fourth-order valence-electron chi connectivity index (χ4n) is 2.74. The quantitative estimate of drug-likeness (QED) is 0.794. The number of nitrogens with zero attached hydrogens (tertiary/aromatic N) is 3. The maximum atomic E-state index is 12.2. The zero-order valence-electron chi connectivity index (χ0n) is 12.0. The van der Waals surface area contributed by atoms with E-state index in [-0.39, 0.29) is 25.0 Å². The summed E-state index contributed by atoms with van der Waals surface area (Å²) in [6, 6.07) is -0.142. The van der Waals surface area contributed by atoms with Crippen molar-refractivity contribution >= 4 is 17.9 Å². The van der Waals surface area contributed by atoms with Gasteiger partial charge < -0.3 is 19.8 Å². The third-order valence-electron chi connectivity index (χ3n) is 4.19. The maximum Gasteiger partial charge on any atom is 0.320 e. The van der Waals surface area contributed by atoms with E-state index in [1.165, 1.54) is 4.90 Å². The number of rotatable bonds is 3. The molecule has 0 aromatic carbocycles. The SMILES string of the molecule is CN1CCN(CC(=O)N2CCC[C@](C)(C(=O)O)C2)C1=O. The standard InChI is InChI=1S/C13H21N3O4/c1-13(11(18)19)4-3-5-16(9-13)10(17)8-15-7-6-14(2)12(15)20/h3-9H2,1-2H3,(H,18,19)/t13-/m0/s1. The first-order chi connectivity index (χ1) is 9.33. The fourth-order valence-corrected chi connectivity index (χ4v) is 2.74. The predicted molar refractivity (Wildman–Crippen MR) is 71.2 cm³/mol. The molecule has 0 saturated carbocycles. The number of hydrogen-bond donors (Lipinski definition) is 1. The van der Waals surface area contributed by atoms with Crippen molar-refractivity contribution in [2.75, 3.05) is 39.8 Å². The zero-order chi connectivity index (χ0) is 14.9. The van der Waals surface area contributed by atoms with Gasteiger partial charge in [-0.25, -0.2) is 4.79 Å². The Morgan fingerprint density at radius 1 is 1.30 bits per heavy atom. The first-order valence-electron chi connectivity index (χ1n) is 6.85. The molecule has 1 atom stereocenters. The molecule has 2 saturated heterocycles. The largest absolute Gasteiger partial charge is 0.481 e. The molecular formula is C13H21N3O4. The van der Waals surface area contributed by atoms with Crippen LogP contribution >= 0.6 is 0 Å². The van der Waals surface area contributed by atoms with Gasteiger partial charge in [0, 0.05) is 33.2 Å². The van der Waals surface area contributed by atoms with E-state index in [1.807, 2.05) is 0 Å². The van der Waals surface area contributed by atoms with E-state index in [9.17, 15) is 19.5 Å². The van der Waals surface area contributed by atoms with Gasteiger partial charge in [-0.3, -0.25) is 9.59 Å². The molecule has 2 aliphatic heterocycles. The second kappa shape index (κ2) is 5.30. The third kappa shape index (κ3) is 2.71. The summed E-state index contributed by atoms with van der Waals surface area (Å²) < 4.78 is 0. The molecule has 0 radical (unpaired) electrons. The van der Waals surface area contributed by atoms with Gasteiger partial charge in [0.1, 0.15) is 6.54 Å². The van der Waals surface area contributed by atoms with Crippen molar-refractivity contribution in [2.45, 2.75) is 19.8 Å². The van der Waals surface area contributed by atoms with Crippen LogP contribution in [0.1, 0.15) is 19.8 Å². The van der Waals surface area contributed by atoms with Gasteiger partial charge in [-0.05, 0) is 19.8 Å². The highest BCUT2D eigenvalue weighted by Crippen LogP contribution is 2.29. The molecule has 1 N–H and O–H groups in total. The molecule has 7 nitrogen and oxygen atoms in total. The van der Waals surface area contributed by atoms with Crippen molar-refractivity contribution in [3.63, 3.8) is 0 Å². The average molecular weight is 283 g/mol. The molecule has 2 fully saturated rings. The number of likely N-dealkylation sites (N-methyl/N-ethyl adjacent to an activating group) is 1. The first-order valence-corrected chi connectivity index (χ1v) is 6.85. The van der Waals surface area contributed by atoms with Crippen molar-refractivity contribution in [3.05, 3.63) is 0 Å². The van der Waals surface area contributed by atoms with Gasteiger partial charge in [0.2, 0.25) is 5.91 Å². The summed E-state index contributed by atoms with van der Waals surface area (Å²) in [5.74, 6) is -1.03. The maximum absolute atomic E-state index is 12.2. The topological polar surface area (TPSA) is 81.2 Å². The molecular weight excluding hydrogens is 262 g/mol. The summed E-state index contributed by atoms with van der Waals surface area (Å²) in [7, 11) is 1.70. The third-order valence-corrected chi connectivity index (χ3v) is 4.19. The van der Waals surface area contributed by atoms with E-state index < -0.39 is 11.4 Å². The number of hydrogen-bond acceptors (Lipinski definition) is 3. The number of piperidine rings is 1. The minimum atomic E-state index is -0.875. The molecule has 0 aromatic rings.